The minimum absolute atomic E-state index is 0.0882. The van der Waals surface area contributed by atoms with Gasteiger partial charge in [-0.2, -0.15) is 0 Å². The molecule has 0 bridgehead atoms. The number of rotatable bonds is 5. The van der Waals surface area contributed by atoms with Crippen LogP contribution in [0.25, 0.3) is 0 Å². The van der Waals surface area contributed by atoms with Gasteiger partial charge in [0.15, 0.2) is 0 Å². The summed E-state index contributed by atoms with van der Waals surface area (Å²) in [6, 6.07) is 0. The molecule has 1 aliphatic rings. The highest BCUT2D eigenvalue weighted by atomic mass is 16.5. The fourth-order valence-electron chi connectivity index (χ4n) is 1.49. The average molecular weight is 217 g/mol. The molecule has 1 fully saturated rings. The summed E-state index contributed by atoms with van der Waals surface area (Å²) in [5, 5.41) is 13.1. The van der Waals surface area contributed by atoms with E-state index in [-0.39, 0.29) is 5.60 Å². The Morgan fingerprint density at radius 2 is 2.20 bits per heavy atom. The molecule has 15 heavy (non-hydrogen) atoms. The smallest absolute Gasteiger partial charge is 0.102 e. The molecule has 0 aromatic carbocycles. The predicted octanol–water partition coefficient (Wildman–Crippen LogP) is 0.542. The molecule has 0 aliphatic carbocycles. The highest BCUT2D eigenvalue weighted by Crippen LogP contribution is 2.16. The molecule has 0 saturated carbocycles. The molecule has 0 aromatic heterocycles. The Kier molecular flexibility index (Phi) is 4.52. The summed E-state index contributed by atoms with van der Waals surface area (Å²) in [5.41, 5.74) is -0.753. The molecule has 1 unspecified atom stereocenters. The maximum absolute atomic E-state index is 9.92. The van der Waals surface area contributed by atoms with E-state index >= 15 is 0 Å². The molecule has 1 rings (SSSR count). The zero-order chi connectivity index (χ0) is 11.4. The second-order valence-electron chi connectivity index (χ2n) is 5.16. The van der Waals surface area contributed by atoms with Crippen LogP contribution in [0.2, 0.25) is 0 Å². The van der Waals surface area contributed by atoms with Crippen molar-refractivity contribution in [1.29, 1.82) is 0 Å². The van der Waals surface area contributed by atoms with Gasteiger partial charge in [-0.25, -0.2) is 0 Å². The normalized spacial score (nSPS) is 27.2. The number of ether oxygens (including phenoxy) is 2. The van der Waals surface area contributed by atoms with E-state index in [1.807, 2.05) is 20.8 Å². The summed E-state index contributed by atoms with van der Waals surface area (Å²) < 4.78 is 10.7. The number of nitrogens with one attached hydrogen (secondary N) is 1. The fourth-order valence-corrected chi connectivity index (χ4v) is 1.49. The molecule has 90 valence electrons. The van der Waals surface area contributed by atoms with E-state index in [4.69, 9.17) is 9.47 Å². The van der Waals surface area contributed by atoms with Crippen LogP contribution >= 0.6 is 0 Å². The van der Waals surface area contributed by atoms with Crippen LogP contribution in [0.15, 0.2) is 0 Å². The van der Waals surface area contributed by atoms with Crippen molar-refractivity contribution in [3.05, 3.63) is 0 Å². The maximum Gasteiger partial charge on any atom is 0.102 e. The maximum atomic E-state index is 9.92. The Labute approximate surface area is 92.0 Å². The number of hydrogen-bond donors (Lipinski definition) is 2. The Morgan fingerprint density at radius 3 is 2.73 bits per heavy atom. The fraction of sp³-hybridized carbons (Fsp3) is 1.00. The Balaban J connectivity index is 2.02. The summed E-state index contributed by atoms with van der Waals surface area (Å²) in [6.07, 6.45) is 0.722. The topological polar surface area (TPSA) is 50.7 Å². The van der Waals surface area contributed by atoms with Crippen molar-refractivity contribution in [2.45, 2.75) is 38.4 Å². The van der Waals surface area contributed by atoms with Gasteiger partial charge in [-0.3, -0.25) is 0 Å². The zero-order valence-electron chi connectivity index (χ0n) is 10.0. The quantitative estimate of drug-likeness (QED) is 0.660. The third kappa shape index (κ3) is 5.47. The summed E-state index contributed by atoms with van der Waals surface area (Å²) in [6.45, 7) is 9.22. The second kappa shape index (κ2) is 5.25. The van der Waals surface area contributed by atoms with E-state index in [0.717, 1.165) is 13.0 Å². The van der Waals surface area contributed by atoms with Gasteiger partial charge in [0.2, 0.25) is 0 Å². The van der Waals surface area contributed by atoms with Gasteiger partial charge in [0, 0.05) is 26.1 Å². The Hall–Kier alpha value is -0.160. The van der Waals surface area contributed by atoms with Gasteiger partial charge in [-0.05, 0) is 20.8 Å². The van der Waals surface area contributed by atoms with Crippen LogP contribution in [0.1, 0.15) is 27.2 Å². The molecule has 1 atom stereocenters. The second-order valence-corrected chi connectivity index (χ2v) is 5.16. The van der Waals surface area contributed by atoms with Crippen LogP contribution in [0.5, 0.6) is 0 Å². The standard InChI is InChI=1S/C11H23NO3/c1-10(2,3)15-7-5-12-8-11(13)4-6-14-9-11/h12-13H,4-9H2,1-3H3. The number of aliphatic hydroxyl groups is 1. The van der Waals surface area contributed by atoms with Crippen LogP contribution in [0.4, 0.5) is 0 Å². The lowest BCUT2D eigenvalue weighted by Crippen LogP contribution is -2.42. The highest BCUT2D eigenvalue weighted by Gasteiger charge is 2.31. The van der Waals surface area contributed by atoms with E-state index in [2.05, 4.69) is 5.32 Å². The molecule has 1 aliphatic heterocycles. The first-order valence-electron chi connectivity index (χ1n) is 5.56. The Bertz CT molecular complexity index is 183. The lowest BCUT2D eigenvalue weighted by Gasteiger charge is -2.22. The third-order valence-electron chi connectivity index (χ3n) is 2.35. The summed E-state index contributed by atoms with van der Waals surface area (Å²) in [4.78, 5) is 0. The van der Waals surface area contributed by atoms with Crippen molar-refractivity contribution in [1.82, 2.24) is 5.32 Å². The first-order valence-corrected chi connectivity index (χ1v) is 5.56. The van der Waals surface area contributed by atoms with Gasteiger partial charge in [-0.1, -0.05) is 0 Å². The van der Waals surface area contributed by atoms with Crippen LogP contribution in [0.3, 0.4) is 0 Å². The van der Waals surface area contributed by atoms with Gasteiger partial charge in [-0.15, -0.1) is 0 Å². The molecular weight excluding hydrogens is 194 g/mol. The molecule has 2 N–H and O–H groups in total. The van der Waals surface area contributed by atoms with Crippen LogP contribution in [0, 0.1) is 0 Å². The van der Waals surface area contributed by atoms with Crippen LogP contribution in [-0.2, 0) is 9.47 Å². The molecular formula is C11H23NO3. The van der Waals surface area contributed by atoms with Crippen molar-refractivity contribution in [3.8, 4) is 0 Å². The molecule has 4 nitrogen and oxygen atoms in total. The van der Waals surface area contributed by atoms with Crippen LogP contribution < -0.4 is 5.32 Å². The highest BCUT2D eigenvalue weighted by molar-refractivity contribution is 4.84. The third-order valence-corrected chi connectivity index (χ3v) is 2.35. The van der Waals surface area contributed by atoms with E-state index in [1.165, 1.54) is 0 Å². The van der Waals surface area contributed by atoms with Crippen LogP contribution in [-0.4, -0.2) is 49.2 Å². The van der Waals surface area contributed by atoms with Gasteiger partial charge < -0.3 is 19.9 Å². The summed E-state index contributed by atoms with van der Waals surface area (Å²) in [5.74, 6) is 0. The average Bonchev–Trinajstić information content (AvgIpc) is 2.50. The minimum Gasteiger partial charge on any atom is -0.386 e. The van der Waals surface area contributed by atoms with E-state index in [1.54, 1.807) is 0 Å². The zero-order valence-corrected chi connectivity index (χ0v) is 10.0. The predicted molar refractivity (Wildman–Crippen MR) is 59.0 cm³/mol. The minimum atomic E-state index is -0.665. The van der Waals surface area contributed by atoms with Gasteiger partial charge in [0.25, 0.3) is 0 Å². The largest absolute Gasteiger partial charge is 0.386 e. The molecule has 1 heterocycles. The Morgan fingerprint density at radius 1 is 1.47 bits per heavy atom. The van der Waals surface area contributed by atoms with Crippen molar-refractivity contribution in [2.24, 2.45) is 0 Å². The first-order chi connectivity index (χ1) is 6.91. The molecule has 0 amide bonds. The van der Waals surface area contributed by atoms with E-state index < -0.39 is 5.60 Å². The molecule has 4 heteroatoms. The van der Waals surface area contributed by atoms with Gasteiger partial charge >= 0.3 is 0 Å². The molecule has 0 spiro atoms. The van der Waals surface area contributed by atoms with Gasteiger partial charge in [0.1, 0.15) is 5.60 Å². The van der Waals surface area contributed by atoms with E-state index in [9.17, 15) is 5.11 Å². The number of hydrogen-bond acceptors (Lipinski definition) is 4. The SMILES string of the molecule is CC(C)(C)OCCNCC1(O)CCOC1. The summed E-state index contributed by atoms with van der Waals surface area (Å²) in [7, 11) is 0. The van der Waals surface area contributed by atoms with Gasteiger partial charge in [0.05, 0.1) is 18.8 Å². The molecule has 0 radical (unpaired) electrons. The van der Waals surface area contributed by atoms with E-state index in [0.29, 0.717) is 26.4 Å². The monoisotopic (exact) mass is 217 g/mol. The lowest BCUT2D eigenvalue weighted by atomic mass is 10.0. The van der Waals surface area contributed by atoms with Crippen molar-refractivity contribution in [3.63, 3.8) is 0 Å². The van der Waals surface area contributed by atoms with Crippen molar-refractivity contribution < 1.29 is 14.6 Å². The van der Waals surface area contributed by atoms with Crippen molar-refractivity contribution >= 4 is 0 Å². The lowest BCUT2D eigenvalue weighted by molar-refractivity contribution is -0.00631. The molecule has 1 saturated heterocycles. The first kappa shape index (κ1) is 12.9. The van der Waals surface area contributed by atoms with Crippen molar-refractivity contribution in [2.75, 3.05) is 32.9 Å². The summed E-state index contributed by atoms with van der Waals surface area (Å²) >= 11 is 0. The molecule has 0 aromatic rings.